The van der Waals surface area contributed by atoms with Crippen LogP contribution < -0.4 is 0 Å². The zero-order valence-corrected chi connectivity index (χ0v) is 54.3. The molecule has 0 saturated heterocycles. The van der Waals surface area contributed by atoms with Gasteiger partial charge in [-0.25, -0.2) is 0 Å². The van der Waals surface area contributed by atoms with Gasteiger partial charge in [-0.15, -0.1) is 0 Å². The van der Waals surface area contributed by atoms with Crippen molar-refractivity contribution in [2.24, 2.45) is 0 Å². The van der Waals surface area contributed by atoms with Gasteiger partial charge in [0.25, 0.3) is 0 Å². The molecule has 0 N–H and O–H groups in total. The van der Waals surface area contributed by atoms with Crippen molar-refractivity contribution in [1.82, 2.24) is 0 Å². The van der Waals surface area contributed by atoms with Crippen molar-refractivity contribution in [1.29, 1.82) is 0 Å². The van der Waals surface area contributed by atoms with Crippen molar-refractivity contribution < 1.29 is 28.6 Å². The molecule has 0 aliphatic carbocycles. The van der Waals surface area contributed by atoms with Crippen LogP contribution in [-0.4, -0.2) is 37.2 Å². The fourth-order valence-corrected chi connectivity index (χ4v) is 10.7. The Balaban J connectivity index is 4.34. The number of esters is 3. The third kappa shape index (κ3) is 67.8. The first-order chi connectivity index (χ1) is 40.0. The molecular formula is C75H136O6. The van der Waals surface area contributed by atoms with Crippen LogP contribution in [0.1, 0.15) is 380 Å². The van der Waals surface area contributed by atoms with E-state index < -0.39 is 6.10 Å². The molecule has 0 aromatic carbocycles. The lowest BCUT2D eigenvalue weighted by molar-refractivity contribution is -0.167. The lowest BCUT2D eigenvalue weighted by atomic mass is 10.0. The number of rotatable bonds is 66. The number of hydrogen-bond acceptors (Lipinski definition) is 6. The van der Waals surface area contributed by atoms with Crippen LogP contribution in [0.5, 0.6) is 0 Å². The molecule has 0 radical (unpaired) electrons. The summed E-state index contributed by atoms with van der Waals surface area (Å²) in [6.07, 6.45) is 89.7. The lowest BCUT2D eigenvalue weighted by Crippen LogP contribution is -2.30. The highest BCUT2D eigenvalue weighted by atomic mass is 16.6. The van der Waals surface area contributed by atoms with E-state index in [0.717, 1.165) is 96.3 Å². The molecule has 0 heterocycles. The van der Waals surface area contributed by atoms with Gasteiger partial charge in [0.05, 0.1) is 0 Å². The van der Waals surface area contributed by atoms with Crippen molar-refractivity contribution in [3.63, 3.8) is 0 Å². The van der Waals surface area contributed by atoms with Gasteiger partial charge < -0.3 is 14.2 Å². The Morgan fingerprint density at radius 3 is 0.753 bits per heavy atom. The Morgan fingerprint density at radius 2 is 0.481 bits per heavy atom. The Bertz CT molecular complexity index is 1440. The van der Waals surface area contributed by atoms with Gasteiger partial charge in [-0.05, 0) is 64.2 Å². The van der Waals surface area contributed by atoms with Gasteiger partial charge in [0, 0.05) is 19.3 Å². The maximum atomic E-state index is 13.0. The summed E-state index contributed by atoms with van der Waals surface area (Å²) in [5.41, 5.74) is 0. The normalized spacial score (nSPS) is 12.4. The minimum absolute atomic E-state index is 0.0796. The predicted octanol–water partition coefficient (Wildman–Crippen LogP) is 24.7. The van der Waals surface area contributed by atoms with Crippen LogP contribution >= 0.6 is 0 Å². The van der Waals surface area contributed by atoms with Crippen molar-refractivity contribution in [3.8, 4) is 0 Å². The average molecular weight is 1130 g/mol. The first-order valence-electron chi connectivity index (χ1n) is 35.8. The van der Waals surface area contributed by atoms with Gasteiger partial charge in [0.2, 0.25) is 0 Å². The summed E-state index contributed by atoms with van der Waals surface area (Å²) in [7, 11) is 0. The topological polar surface area (TPSA) is 78.9 Å². The van der Waals surface area contributed by atoms with Crippen LogP contribution in [0, 0.1) is 0 Å². The zero-order chi connectivity index (χ0) is 58.5. The van der Waals surface area contributed by atoms with E-state index in [9.17, 15) is 14.4 Å². The SMILES string of the molecule is CC/C=C\C/C=C\C/C=C\C/C=C\C/C=C\CCCCCC(=O)OCC(COC(=O)CCCCCCCCCCCCCCCCCCCCCCCCCC)OC(=O)CCCCCCCCCCCCCCCCCCCCCC. The van der Waals surface area contributed by atoms with Crippen molar-refractivity contribution in [2.75, 3.05) is 13.2 Å². The molecule has 6 heteroatoms. The molecule has 0 aromatic rings. The van der Waals surface area contributed by atoms with E-state index in [-0.39, 0.29) is 31.1 Å². The van der Waals surface area contributed by atoms with Crippen LogP contribution in [0.3, 0.4) is 0 Å². The molecule has 0 amide bonds. The first-order valence-corrected chi connectivity index (χ1v) is 35.8. The number of allylic oxidation sites excluding steroid dienone is 10. The van der Waals surface area contributed by atoms with E-state index in [1.807, 2.05) is 0 Å². The Morgan fingerprint density at radius 1 is 0.259 bits per heavy atom. The van der Waals surface area contributed by atoms with E-state index in [1.165, 1.54) is 244 Å². The summed E-state index contributed by atoms with van der Waals surface area (Å²) < 4.78 is 17.0. The van der Waals surface area contributed by atoms with Gasteiger partial charge in [-0.1, -0.05) is 358 Å². The Labute approximate surface area is 504 Å². The zero-order valence-electron chi connectivity index (χ0n) is 54.3. The molecule has 0 spiro atoms. The van der Waals surface area contributed by atoms with Crippen molar-refractivity contribution in [3.05, 3.63) is 60.8 Å². The minimum atomic E-state index is -0.787. The molecule has 0 fully saturated rings. The summed E-state index contributed by atoms with van der Waals surface area (Å²) in [5.74, 6) is -0.885. The van der Waals surface area contributed by atoms with Gasteiger partial charge in [-0.3, -0.25) is 14.4 Å². The third-order valence-corrected chi connectivity index (χ3v) is 16.0. The molecule has 6 nitrogen and oxygen atoms in total. The molecule has 472 valence electrons. The van der Waals surface area contributed by atoms with E-state index in [0.29, 0.717) is 19.3 Å². The van der Waals surface area contributed by atoms with Gasteiger partial charge >= 0.3 is 17.9 Å². The second kappa shape index (κ2) is 69.6. The molecule has 0 aromatic heterocycles. The number of hydrogen-bond donors (Lipinski definition) is 0. The fraction of sp³-hybridized carbons (Fsp3) is 0.827. The lowest BCUT2D eigenvalue weighted by Gasteiger charge is -2.18. The van der Waals surface area contributed by atoms with Crippen LogP contribution in [0.25, 0.3) is 0 Å². The summed E-state index contributed by atoms with van der Waals surface area (Å²) in [4.78, 5) is 38.5. The summed E-state index contributed by atoms with van der Waals surface area (Å²) in [6.45, 7) is 6.58. The molecule has 0 aliphatic rings. The molecule has 0 aliphatic heterocycles. The summed E-state index contributed by atoms with van der Waals surface area (Å²) in [5, 5.41) is 0. The van der Waals surface area contributed by atoms with Gasteiger partial charge in [0.1, 0.15) is 13.2 Å². The molecule has 1 unspecified atom stereocenters. The maximum Gasteiger partial charge on any atom is 0.306 e. The molecule has 0 rings (SSSR count). The van der Waals surface area contributed by atoms with E-state index in [1.54, 1.807) is 0 Å². The Hall–Kier alpha value is -2.89. The largest absolute Gasteiger partial charge is 0.462 e. The number of ether oxygens (including phenoxy) is 3. The van der Waals surface area contributed by atoms with Gasteiger partial charge in [-0.2, -0.15) is 0 Å². The highest BCUT2D eigenvalue weighted by molar-refractivity contribution is 5.71. The highest BCUT2D eigenvalue weighted by Gasteiger charge is 2.19. The fourth-order valence-electron chi connectivity index (χ4n) is 10.7. The maximum absolute atomic E-state index is 13.0. The van der Waals surface area contributed by atoms with E-state index >= 15 is 0 Å². The molecule has 1 atom stereocenters. The van der Waals surface area contributed by atoms with Crippen LogP contribution in [0.15, 0.2) is 60.8 Å². The molecule has 0 bridgehead atoms. The van der Waals surface area contributed by atoms with Gasteiger partial charge in [0.15, 0.2) is 6.10 Å². The standard InChI is InChI=1S/C75H136O6/c1-4-7-10-13-16-19-22-25-28-31-34-36-37-38-39-42-44-47-50-53-56-59-62-65-68-74(77)80-71-72(70-79-73(76)67-64-61-58-55-52-49-46-43-40-33-30-27-24-21-18-15-12-9-6-3)81-75(78)69-66-63-60-57-54-51-48-45-41-35-32-29-26-23-20-17-14-11-8-5-2/h9,12,18,21,27,30,40,43,49,52,72H,4-8,10-11,13-17,19-20,22-26,28-29,31-39,41-42,44-48,50-51,53-71H2,1-3H3/b12-9-,21-18-,30-27-,43-40-,52-49-. The summed E-state index contributed by atoms with van der Waals surface area (Å²) in [6, 6.07) is 0. The van der Waals surface area contributed by atoms with Crippen molar-refractivity contribution in [2.45, 2.75) is 386 Å². The predicted molar refractivity (Wildman–Crippen MR) is 353 cm³/mol. The highest BCUT2D eigenvalue weighted by Crippen LogP contribution is 2.19. The smallest absolute Gasteiger partial charge is 0.306 e. The van der Waals surface area contributed by atoms with E-state index in [4.69, 9.17) is 14.2 Å². The third-order valence-electron chi connectivity index (χ3n) is 16.0. The van der Waals surface area contributed by atoms with E-state index in [2.05, 4.69) is 81.5 Å². The number of carbonyl (C=O) groups excluding carboxylic acids is 3. The Kier molecular flexibility index (Phi) is 67.1. The molecule has 0 saturated carbocycles. The second-order valence-electron chi connectivity index (χ2n) is 24.1. The monoisotopic (exact) mass is 1130 g/mol. The van der Waals surface area contributed by atoms with Crippen LogP contribution in [0.2, 0.25) is 0 Å². The average Bonchev–Trinajstić information content (AvgIpc) is 3.47. The number of unbranched alkanes of at least 4 members (excludes halogenated alkanes) is 45. The van der Waals surface area contributed by atoms with Crippen LogP contribution in [-0.2, 0) is 28.6 Å². The molecular weight excluding hydrogens is 997 g/mol. The quantitative estimate of drug-likeness (QED) is 0.0261. The molecule has 81 heavy (non-hydrogen) atoms. The first kappa shape index (κ1) is 78.1. The van der Waals surface area contributed by atoms with Crippen LogP contribution in [0.4, 0.5) is 0 Å². The summed E-state index contributed by atoms with van der Waals surface area (Å²) >= 11 is 0. The van der Waals surface area contributed by atoms with Crippen molar-refractivity contribution >= 4 is 17.9 Å². The second-order valence-corrected chi connectivity index (χ2v) is 24.1. The number of carbonyl (C=O) groups is 3. The minimum Gasteiger partial charge on any atom is -0.462 e.